The second-order valence-corrected chi connectivity index (χ2v) is 7.68. The van der Waals surface area contributed by atoms with Crippen molar-refractivity contribution in [2.24, 2.45) is 0 Å². The van der Waals surface area contributed by atoms with Crippen LogP contribution in [-0.4, -0.2) is 62.5 Å². The molecular formula is C27H25NO10. The molecule has 3 aromatic carbocycles. The third-order valence-corrected chi connectivity index (χ3v) is 5.19. The molecule has 0 unspecified atom stereocenters. The minimum absolute atomic E-state index is 0.0215. The lowest BCUT2D eigenvalue weighted by Gasteiger charge is -2.23. The Hall–Kier alpha value is -5.06. The molecule has 2 atom stereocenters. The van der Waals surface area contributed by atoms with E-state index < -0.39 is 36.0 Å². The Kier molecular flexibility index (Phi) is 9.25. The van der Waals surface area contributed by atoms with Crippen molar-refractivity contribution in [1.29, 1.82) is 0 Å². The van der Waals surface area contributed by atoms with Gasteiger partial charge in [-0.05, 0) is 48.5 Å². The normalized spacial score (nSPS) is 11.9. The number of aliphatic carboxylic acids is 1. The Morgan fingerprint density at radius 2 is 1.11 bits per heavy atom. The van der Waals surface area contributed by atoms with Crippen molar-refractivity contribution < 1.29 is 48.0 Å². The zero-order valence-corrected chi connectivity index (χ0v) is 20.7. The van der Waals surface area contributed by atoms with Gasteiger partial charge < -0.3 is 34.1 Å². The van der Waals surface area contributed by atoms with Gasteiger partial charge in [-0.2, -0.15) is 0 Å². The van der Waals surface area contributed by atoms with Crippen LogP contribution in [0.2, 0.25) is 0 Å². The first-order chi connectivity index (χ1) is 18.2. The number of hydrogen-bond donors (Lipinski definition) is 2. The van der Waals surface area contributed by atoms with Gasteiger partial charge in [-0.25, -0.2) is 14.4 Å². The van der Waals surface area contributed by atoms with Crippen molar-refractivity contribution in [2.75, 3.05) is 26.6 Å². The summed E-state index contributed by atoms with van der Waals surface area (Å²) in [7, 11) is 4.22. The summed E-state index contributed by atoms with van der Waals surface area (Å²) < 4.78 is 25.8. The van der Waals surface area contributed by atoms with Crippen LogP contribution in [0.25, 0.3) is 0 Å². The lowest BCUT2D eigenvalue weighted by molar-refractivity contribution is -0.157. The Morgan fingerprint density at radius 1 is 0.658 bits per heavy atom. The topological polar surface area (TPSA) is 147 Å². The molecule has 0 heterocycles. The van der Waals surface area contributed by atoms with Gasteiger partial charge in [0, 0.05) is 11.8 Å². The maximum Gasteiger partial charge on any atom is 0.349 e. The van der Waals surface area contributed by atoms with E-state index in [1.165, 1.54) is 69.9 Å². The van der Waals surface area contributed by atoms with Crippen molar-refractivity contribution in [3.8, 4) is 17.2 Å². The Bertz CT molecular complexity index is 1320. The number of benzene rings is 3. The van der Waals surface area contributed by atoms with Crippen LogP contribution in [0.5, 0.6) is 17.2 Å². The SMILES string of the molecule is COc1cccc(NC(=O)[C@@H](OC(=O)c2cccc(OC)c2)[C@@H](OC(=O)c2cccc(OC)c2)C(=O)O)c1. The van der Waals surface area contributed by atoms with Crippen molar-refractivity contribution in [2.45, 2.75) is 12.2 Å². The largest absolute Gasteiger partial charge is 0.497 e. The standard InChI is InChI=1S/C27H25NO10/c1-34-19-10-4-7-16(13-19)26(32)37-22(24(29)28-18-9-6-12-21(15-18)36-3)23(25(30)31)38-27(33)17-8-5-11-20(14-17)35-2/h4-15,22-23H,1-3H3,(H,28,29)(H,30,31)/t22-,23+/m0/s1. The molecule has 2 N–H and O–H groups in total. The Labute approximate surface area is 217 Å². The van der Waals surface area contributed by atoms with Crippen LogP contribution in [0.15, 0.2) is 72.8 Å². The molecule has 0 radical (unpaired) electrons. The highest BCUT2D eigenvalue weighted by Crippen LogP contribution is 2.21. The first kappa shape index (κ1) is 27.5. The zero-order chi connectivity index (χ0) is 27.7. The van der Waals surface area contributed by atoms with Gasteiger partial charge in [-0.1, -0.05) is 18.2 Å². The smallest absolute Gasteiger partial charge is 0.349 e. The second kappa shape index (κ2) is 12.8. The number of anilines is 1. The van der Waals surface area contributed by atoms with Crippen LogP contribution in [0, 0.1) is 0 Å². The molecule has 0 aliphatic rings. The average molecular weight is 523 g/mol. The number of amides is 1. The molecule has 0 aromatic heterocycles. The number of rotatable bonds is 11. The summed E-state index contributed by atoms with van der Waals surface area (Å²) in [6.45, 7) is 0. The fourth-order valence-corrected chi connectivity index (χ4v) is 3.28. The van der Waals surface area contributed by atoms with Gasteiger partial charge >= 0.3 is 17.9 Å². The van der Waals surface area contributed by atoms with Gasteiger partial charge in [0.1, 0.15) is 17.2 Å². The summed E-state index contributed by atoms with van der Waals surface area (Å²) >= 11 is 0. The molecule has 0 saturated heterocycles. The van der Waals surface area contributed by atoms with Gasteiger partial charge in [0.25, 0.3) is 5.91 Å². The maximum absolute atomic E-state index is 13.2. The highest BCUT2D eigenvalue weighted by Gasteiger charge is 2.41. The molecule has 11 nitrogen and oxygen atoms in total. The number of nitrogens with one attached hydrogen (secondary N) is 1. The number of carbonyl (C=O) groups is 4. The van der Waals surface area contributed by atoms with E-state index in [-0.39, 0.29) is 16.8 Å². The fraction of sp³-hybridized carbons (Fsp3) is 0.185. The van der Waals surface area contributed by atoms with Crippen molar-refractivity contribution in [3.05, 3.63) is 83.9 Å². The van der Waals surface area contributed by atoms with E-state index in [2.05, 4.69) is 5.32 Å². The molecule has 0 fully saturated rings. The summed E-state index contributed by atoms with van der Waals surface area (Å²) in [5.74, 6) is -3.83. The molecule has 11 heteroatoms. The van der Waals surface area contributed by atoms with Crippen LogP contribution in [0.4, 0.5) is 5.69 Å². The van der Waals surface area contributed by atoms with Crippen LogP contribution >= 0.6 is 0 Å². The van der Waals surface area contributed by atoms with E-state index >= 15 is 0 Å². The van der Waals surface area contributed by atoms with Gasteiger partial charge in [-0.3, -0.25) is 4.79 Å². The minimum atomic E-state index is -2.20. The van der Waals surface area contributed by atoms with Crippen LogP contribution in [-0.2, 0) is 19.1 Å². The predicted octanol–water partition coefficient (Wildman–Crippen LogP) is 3.19. The fourth-order valence-electron chi connectivity index (χ4n) is 3.28. The molecule has 3 rings (SSSR count). The van der Waals surface area contributed by atoms with Crippen molar-refractivity contribution >= 4 is 29.5 Å². The highest BCUT2D eigenvalue weighted by molar-refractivity contribution is 6.01. The van der Waals surface area contributed by atoms with Crippen LogP contribution in [0.3, 0.4) is 0 Å². The monoisotopic (exact) mass is 523 g/mol. The summed E-state index contributed by atoms with van der Waals surface area (Å²) in [4.78, 5) is 51.1. The molecular weight excluding hydrogens is 498 g/mol. The number of carboxylic acids is 1. The molecule has 0 bridgehead atoms. The van der Waals surface area contributed by atoms with Crippen molar-refractivity contribution in [3.63, 3.8) is 0 Å². The van der Waals surface area contributed by atoms with Gasteiger partial charge in [0.15, 0.2) is 0 Å². The number of ether oxygens (including phenoxy) is 5. The molecule has 0 saturated carbocycles. The summed E-state index contributed by atoms with van der Waals surface area (Å²) in [5.41, 5.74) is 0.161. The van der Waals surface area contributed by atoms with E-state index in [1.54, 1.807) is 24.3 Å². The average Bonchev–Trinajstić information content (AvgIpc) is 2.94. The molecule has 0 aliphatic heterocycles. The zero-order valence-electron chi connectivity index (χ0n) is 20.7. The molecule has 198 valence electrons. The Morgan fingerprint density at radius 3 is 1.58 bits per heavy atom. The first-order valence-electron chi connectivity index (χ1n) is 11.1. The lowest BCUT2D eigenvalue weighted by Crippen LogP contribution is -2.48. The number of carbonyl (C=O) groups excluding carboxylic acids is 3. The van der Waals surface area contributed by atoms with Crippen molar-refractivity contribution in [1.82, 2.24) is 0 Å². The molecule has 3 aromatic rings. The number of hydrogen-bond acceptors (Lipinski definition) is 9. The Balaban J connectivity index is 1.94. The van der Waals surface area contributed by atoms with Gasteiger partial charge in [0.2, 0.25) is 12.2 Å². The highest BCUT2D eigenvalue weighted by atomic mass is 16.6. The maximum atomic E-state index is 13.2. The lowest BCUT2D eigenvalue weighted by atomic mass is 10.1. The number of esters is 2. The quantitative estimate of drug-likeness (QED) is 0.359. The summed E-state index contributed by atoms with van der Waals surface area (Å²) in [6, 6.07) is 17.8. The molecule has 0 spiro atoms. The molecule has 1 amide bonds. The number of carboxylic acid groups (broad SMARTS) is 1. The van der Waals surface area contributed by atoms with E-state index in [1.807, 2.05) is 0 Å². The minimum Gasteiger partial charge on any atom is -0.497 e. The predicted molar refractivity (Wildman–Crippen MR) is 134 cm³/mol. The third-order valence-electron chi connectivity index (χ3n) is 5.19. The second-order valence-electron chi connectivity index (χ2n) is 7.68. The van der Waals surface area contributed by atoms with E-state index in [0.29, 0.717) is 17.2 Å². The third kappa shape index (κ3) is 7.00. The summed E-state index contributed by atoms with van der Waals surface area (Å²) in [5, 5.41) is 12.4. The van der Waals surface area contributed by atoms with E-state index in [4.69, 9.17) is 23.7 Å². The van der Waals surface area contributed by atoms with Gasteiger partial charge in [-0.15, -0.1) is 0 Å². The van der Waals surface area contributed by atoms with E-state index in [9.17, 15) is 24.3 Å². The molecule has 0 aliphatic carbocycles. The van der Waals surface area contributed by atoms with E-state index in [0.717, 1.165) is 0 Å². The number of methoxy groups -OCH3 is 3. The summed E-state index contributed by atoms with van der Waals surface area (Å²) in [6.07, 6.45) is -4.28. The van der Waals surface area contributed by atoms with Gasteiger partial charge in [0.05, 0.1) is 32.5 Å². The molecule has 38 heavy (non-hydrogen) atoms. The van der Waals surface area contributed by atoms with Crippen LogP contribution in [0.1, 0.15) is 20.7 Å². The van der Waals surface area contributed by atoms with Crippen LogP contribution < -0.4 is 19.5 Å². The first-order valence-corrected chi connectivity index (χ1v) is 11.1.